The second kappa shape index (κ2) is 33.1. The topological polar surface area (TPSA) is 263 Å². The van der Waals surface area contributed by atoms with E-state index in [1.165, 1.54) is 86.6 Å². The van der Waals surface area contributed by atoms with Crippen LogP contribution >= 0.6 is 22.6 Å². The van der Waals surface area contributed by atoms with Crippen LogP contribution in [-0.4, -0.2) is 67.6 Å². The minimum absolute atomic E-state index is 0. The van der Waals surface area contributed by atoms with Gasteiger partial charge >= 0.3 is 109 Å². The first kappa shape index (κ1) is 70.7. The Labute approximate surface area is 530 Å². The first-order chi connectivity index (χ1) is 33.8. The molecule has 2 aliphatic heterocycles. The predicted octanol–water partition coefficient (Wildman–Crippen LogP) is 4.03. The maximum Gasteiger partial charge on any atom is 1.00 e. The molecular formula is C54H51F4IK2N4O10. The van der Waals surface area contributed by atoms with E-state index >= 15 is 0 Å². The Kier molecular flexibility index (Phi) is 31.2. The van der Waals surface area contributed by atoms with Crippen molar-refractivity contribution >= 4 is 46.0 Å². The Hall–Kier alpha value is -4.26. The van der Waals surface area contributed by atoms with E-state index in [4.69, 9.17) is 37.4 Å². The van der Waals surface area contributed by atoms with Crippen LogP contribution in [-0.2, 0) is 0 Å². The number of fused-ring (bicyclic) bond motifs is 2. The van der Waals surface area contributed by atoms with Crippen LogP contribution in [0.25, 0.3) is 0 Å². The van der Waals surface area contributed by atoms with Crippen molar-refractivity contribution in [2.75, 3.05) is 0 Å². The fourth-order valence-electron chi connectivity index (χ4n) is 6.61. The summed E-state index contributed by atoms with van der Waals surface area (Å²) in [6, 6.07) is 32.2. The minimum Gasteiger partial charge on any atom is -0.870 e. The Morgan fingerprint density at radius 1 is 0.613 bits per heavy atom. The van der Waals surface area contributed by atoms with E-state index in [9.17, 15) is 47.0 Å². The number of amides is 1. The van der Waals surface area contributed by atoms with Crippen molar-refractivity contribution < 1.29 is 170 Å². The van der Waals surface area contributed by atoms with Crippen LogP contribution in [0.1, 0.15) is 112 Å². The van der Waals surface area contributed by atoms with E-state index in [-0.39, 0.29) is 143 Å². The number of nitrogens with zero attached hydrogens (tertiary/aromatic N) is 2. The summed E-state index contributed by atoms with van der Waals surface area (Å²) >= 11 is 2.13. The van der Waals surface area contributed by atoms with Gasteiger partial charge in [0.1, 0.15) is 58.2 Å². The van der Waals surface area contributed by atoms with Gasteiger partial charge in [0.25, 0.3) is 5.91 Å². The Bertz CT molecular complexity index is 2870. The van der Waals surface area contributed by atoms with Gasteiger partial charge in [-0.3, -0.25) is 14.4 Å². The summed E-state index contributed by atoms with van der Waals surface area (Å²) in [4.78, 5) is 45.7. The third kappa shape index (κ3) is 21.6. The molecule has 0 bridgehead atoms. The zero-order valence-electron chi connectivity index (χ0n) is 42.1. The summed E-state index contributed by atoms with van der Waals surface area (Å²) < 4.78 is 62.0. The number of ether oxygens (including phenoxy) is 2. The second-order valence-corrected chi connectivity index (χ2v) is 18.0. The first-order valence-corrected chi connectivity index (χ1v) is 22.5. The van der Waals surface area contributed by atoms with Crippen LogP contribution in [0.4, 0.5) is 17.6 Å². The molecule has 4 atom stereocenters. The molecule has 0 saturated carbocycles. The van der Waals surface area contributed by atoms with Crippen LogP contribution in [0, 0.1) is 50.0 Å². The van der Waals surface area contributed by atoms with Crippen molar-refractivity contribution in [3.63, 3.8) is 0 Å². The van der Waals surface area contributed by atoms with Gasteiger partial charge in [-0.2, -0.15) is 5.26 Å². The molecule has 0 aliphatic carbocycles. The third-order valence-electron chi connectivity index (χ3n) is 10.6. The smallest absolute Gasteiger partial charge is 0.870 e. The number of aliphatic hydroxyl groups excluding tert-OH is 2. The molecule has 6 aromatic carbocycles. The Morgan fingerprint density at radius 2 is 0.960 bits per heavy atom. The molecule has 0 spiro atoms. The number of hydrogen-bond donors (Lipinski definition) is 5. The van der Waals surface area contributed by atoms with E-state index in [2.05, 4.69) is 27.9 Å². The number of rotatable bonds is 5. The zero-order valence-corrected chi connectivity index (χ0v) is 50.5. The summed E-state index contributed by atoms with van der Waals surface area (Å²) in [6.07, 6.45) is -1.83. The number of ketones is 2. The van der Waals surface area contributed by atoms with Crippen LogP contribution < -0.4 is 123 Å². The quantitative estimate of drug-likeness (QED) is 0.0538. The molecule has 0 saturated heterocycles. The molecule has 0 radical (unpaired) electrons. The largest absolute Gasteiger partial charge is 1.00 e. The molecule has 8 rings (SSSR count). The number of carboxylic acids is 1. The summed E-state index contributed by atoms with van der Waals surface area (Å²) in [6.45, 7) is 14.7. The number of halogens is 5. The number of aromatic carboxylic acids is 1. The van der Waals surface area contributed by atoms with Crippen molar-refractivity contribution in [3.8, 4) is 17.6 Å². The molecular weight excluding hydrogens is 1150 g/mol. The second-order valence-electron chi connectivity index (χ2n) is 16.8. The van der Waals surface area contributed by atoms with Gasteiger partial charge in [0.15, 0.2) is 11.6 Å². The van der Waals surface area contributed by atoms with Crippen molar-refractivity contribution in [2.45, 2.75) is 77.0 Å². The van der Waals surface area contributed by atoms with E-state index in [1.54, 1.807) is 76.2 Å². The molecule has 2 aliphatic rings. The zero-order chi connectivity index (χ0) is 54.1. The molecule has 384 valence electrons. The third-order valence-corrected chi connectivity index (χ3v) is 11.3. The van der Waals surface area contributed by atoms with E-state index in [0.717, 1.165) is 15.7 Å². The van der Waals surface area contributed by atoms with Crippen molar-refractivity contribution in [3.05, 3.63) is 206 Å². The molecule has 1 amide bonds. The minimum atomic E-state index is -1.04. The van der Waals surface area contributed by atoms with E-state index in [1.807, 2.05) is 6.07 Å². The number of carbonyl (C=O) groups is 4. The van der Waals surface area contributed by atoms with Gasteiger partial charge in [0, 0.05) is 31.4 Å². The summed E-state index contributed by atoms with van der Waals surface area (Å²) in [5.74, 6) is -1.87. The predicted molar refractivity (Wildman–Crippen MR) is 268 cm³/mol. The molecule has 14 nitrogen and oxygen atoms in total. The number of benzene rings is 6. The van der Waals surface area contributed by atoms with Crippen molar-refractivity contribution in [1.29, 1.82) is 10.5 Å². The number of nitrogens with two attached hydrogens (primary N) is 1. The van der Waals surface area contributed by atoms with E-state index in [0.29, 0.717) is 39.3 Å². The Morgan fingerprint density at radius 3 is 1.35 bits per heavy atom. The molecule has 7 N–H and O–H groups in total. The normalized spacial score (nSPS) is 16.3. The molecule has 21 heteroatoms. The fourth-order valence-corrected chi connectivity index (χ4v) is 6.97. The van der Waals surface area contributed by atoms with Gasteiger partial charge in [-0.05, 0) is 198 Å². The maximum absolute atomic E-state index is 13.1. The van der Waals surface area contributed by atoms with Crippen LogP contribution in [0.15, 0.2) is 133 Å². The van der Waals surface area contributed by atoms with Gasteiger partial charge in [0.2, 0.25) is 0 Å². The maximum atomic E-state index is 13.1. The fraction of sp³-hybridized carbons (Fsp3) is 0.222. The summed E-state index contributed by atoms with van der Waals surface area (Å²) in [5.41, 5.74) is 7.44. The SMILES string of the molecule is CC(=O)c1ccc2c(c1)[C@H](N)[C@@H](O)C(C)(C)O2.CC(=O)c1ccc2c(c1)[C@H](NC(=O)c1ccc(F)cc1)[C@@H](O)C(C)(C)O2.Fc1ccc(I)cc1.N#Cc1ccc(F)cc1.O=C(O)c1ccc(F)cc1.[14C-]#N.[K+].[K+].[OH-]. The van der Waals surface area contributed by atoms with E-state index < -0.39 is 59.0 Å². The number of nitrogens with one attached hydrogen (secondary N) is 1. The number of nitriles is 1. The molecule has 75 heavy (non-hydrogen) atoms. The molecule has 6 aromatic rings. The standard InChI is InChI=1S/C20H20FNO4.C13H17NO3.C7H4FN.C7H5FO2.C6H4FI.CN.2K.H2O/c1-11(23)13-6-9-16-15(10-13)17(18(24)20(2,3)26-16)22-19(25)12-4-7-14(21)8-5-12;1-7(15)8-4-5-10-9(6-8)11(14)12(16)13(2,3)17-10;8-7-3-1-6(5-9)2-4-7;8-6-3-1-5(2-4-6)7(9)10;7-5-1-3-6(8)4-2-5;1-2;;;/h4-10,17-18,24H,1-3H3,(H,22,25);4-6,11-12,16H,14H2,1-3H3;1-4H;1-4H,(H,9,10);1-4H;;;;1H2/q;;;;;-1;2*+1;/p-1/t17-,18+;11-,12+;;;;;;;/m00......./s1/i;;;;;1+2;;;. The molecule has 0 aromatic heterocycles. The van der Waals surface area contributed by atoms with Crippen LogP contribution in [0.2, 0.25) is 0 Å². The Balaban J connectivity index is 0.000000966. The van der Waals surface area contributed by atoms with Crippen molar-refractivity contribution in [1.82, 2.24) is 5.32 Å². The summed E-state index contributed by atoms with van der Waals surface area (Å²) in [7, 11) is 0. The van der Waals surface area contributed by atoms with Gasteiger partial charge in [-0.1, -0.05) is 0 Å². The van der Waals surface area contributed by atoms with Gasteiger partial charge in [-0.15, -0.1) is 0 Å². The monoisotopic (exact) mass is 1200 g/mol. The number of hydrogen-bond acceptors (Lipinski definition) is 12. The molecule has 0 fully saturated rings. The van der Waals surface area contributed by atoms with Gasteiger partial charge in [0.05, 0.1) is 29.3 Å². The molecule has 0 unspecified atom stereocenters. The number of Topliss-reactive ketones (excluding diaryl/α,β-unsaturated/α-hetero) is 2. The van der Waals surface area contributed by atoms with Crippen molar-refractivity contribution in [2.24, 2.45) is 5.73 Å². The average molecular weight is 1200 g/mol. The van der Waals surface area contributed by atoms with Crippen LogP contribution in [0.5, 0.6) is 11.5 Å². The number of aliphatic hydroxyl groups is 2. The summed E-state index contributed by atoms with van der Waals surface area (Å²) in [5, 5.41) is 46.4. The number of carboxylic acid groups (broad SMARTS) is 1. The average Bonchev–Trinajstić information content (AvgIpc) is 3.34. The first-order valence-electron chi connectivity index (χ1n) is 21.5. The van der Waals surface area contributed by atoms with Gasteiger partial charge in [-0.25, -0.2) is 22.4 Å². The van der Waals surface area contributed by atoms with Crippen LogP contribution in [0.3, 0.4) is 0 Å². The number of carbonyl (C=O) groups excluding carboxylic acids is 3. The van der Waals surface area contributed by atoms with Gasteiger partial charge < -0.3 is 53.2 Å². The molecule has 2 heterocycles.